The van der Waals surface area contributed by atoms with E-state index in [1.54, 1.807) is 0 Å². The molecule has 0 bridgehead atoms. The molecule has 0 rings (SSSR count). The summed E-state index contributed by atoms with van der Waals surface area (Å²) in [6.45, 7) is 9.90. The molecular weight excluding hydrogens is 436 g/mol. The van der Waals surface area contributed by atoms with Gasteiger partial charge in [-0.1, -0.05) is 130 Å². The molecule has 0 fully saturated rings. The first-order valence-electron chi connectivity index (χ1n) is 15.3. The molecule has 208 valence electrons. The fourth-order valence-electron chi connectivity index (χ4n) is 4.54. The number of hydrogen-bond donors (Lipinski definition) is 0. The summed E-state index contributed by atoms with van der Waals surface area (Å²) >= 11 is 0. The Morgan fingerprint density at radius 3 is 1.49 bits per heavy atom. The minimum Gasteiger partial charge on any atom is -0.466 e. The van der Waals surface area contributed by atoms with Crippen LogP contribution in [0.2, 0.25) is 0 Å². The van der Waals surface area contributed by atoms with Crippen molar-refractivity contribution in [3.05, 3.63) is 0 Å². The van der Waals surface area contributed by atoms with Crippen molar-refractivity contribution in [2.24, 2.45) is 11.8 Å². The van der Waals surface area contributed by atoms with Crippen molar-refractivity contribution in [2.75, 3.05) is 13.2 Å². The topological polar surface area (TPSA) is 52.6 Å². The monoisotopic (exact) mass is 496 g/mol. The zero-order valence-corrected chi connectivity index (χ0v) is 24.1. The highest BCUT2D eigenvalue weighted by molar-refractivity contribution is 5.72. The Morgan fingerprint density at radius 2 is 0.971 bits per heavy atom. The Kier molecular flexibility index (Phi) is 25.2. The van der Waals surface area contributed by atoms with Gasteiger partial charge in [0.2, 0.25) is 0 Å². The van der Waals surface area contributed by atoms with Gasteiger partial charge in [0.15, 0.2) is 0 Å². The number of hydrogen-bond acceptors (Lipinski definition) is 4. The van der Waals surface area contributed by atoms with Gasteiger partial charge in [0.25, 0.3) is 0 Å². The van der Waals surface area contributed by atoms with Crippen LogP contribution < -0.4 is 0 Å². The third-order valence-electron chi connectivity index (χ3n) is 7.01. The van der Waals surface area contributed by atoms with Crippen LogP contribution in [-0.2, 0) is 19.1 Å². The average Bonchev–Trinajstić information content (AvgIpc) is 2.83. The summed E-state index contributed by atoms with van der Waals surface area (Å²) in [4.78, 5) is 24.3. The van der Waals surface area contributed by atoms with Gasteiger partial charge in [-0.05, 0) is 31.6 Å². The van der Waals surface area contributed by atoms with Crippen molar-refractivity contribution < 1.29 is 19.1 Å². The smallest absolute Gasteiger partial charge is 0.309 e. The first kappa shape index (κ1) is 33.9. The standard InChI is InChI=1S/C31H60O4/c1-5-7-9-11-18-22-26-34-30(32)25-21-17-15-13-14-16-20-24-29(28(3)4)31(33)35-27-23-19-12-10-8-6-2/h28-29H,5-27H2,1-4H3. The Bertz CT molecular complexity index is 475. The highest BCUT2D eigenvalue weighted by Crippen LogP contribution is 2.21. The fourth-order valence-corrected chi connectivity index (χ4v) is 4.54. The molecule has 4 nitrogen and oxygen atoms in total. The van der Waals surface area contributed by atoms with Crippen LogP contribution in [0.4, 0.5) is 0 Å². The maximum absolute atomic E-state index is 12.5. The third-order valence-corrected chi connectivity index (χ3v) is 7.01. The van der Waals surface area contributed by atoms with Crippen molar-refractivity contribution in [3.8, 4) is 0 Å². The number of ether oxygens (including phenoxy) is 2. The van der Waals surface area contributed by atoms with E-state index in [4.69, 9.17) is 9.47 Å². The Labute approximate surface area is 218 Å². The van der Waals surface area contributed by atoms with Crippen LogP contribution in [0.3, 0.4) is 0 Å². The van der Waals surface area contributed by atoms with Gasteiger partial charge in [0.05, 0.1) is 19.1 Å². The van der Waals surface area contributed by atoms with Crippen LogP contribution in [-0.4, -0.2) is 25.2 Å². The molecule has 0 spiro atoms. The molecule has 0 N–H and O–H groups in total. The molecule has 0 aromatic carbocycles. The number of esters is 2. The lowest BCUT2D eigenvalue weighted by molar-refractivity contribution is -0.150. The molecule has 0 saturated heterocycles. The number of carbonyl (C=O) groups excluding carboxylic acids is 2. The predicted molar refractivity (Wildman–Crippen MR) is 149 cm³/mol. The molecule has 0 aromatic heterocycles. The SMILES string of the molecule is CCCCCCCCOC(=O)CCCCCCCCCC(C(=O)OCCCCCCCC)C(C)C. The quantitative estimate of drug-likeness (QED) is 0.0883. The fraction of sp³-hybridized carbons (Fsp3) is 0.935. The molecule has 1 atom stereocenters. The van der Waals surface area contributed by atoms with Crippen LogP contribution in [0.25, 0.3) is 0 Å². The van der Waals surface area contributed by atoms with Crippen molar-refractivity contribution >= 4 is 11.9 Å². The first-order valence-corrected chi connectivity index (χ1v) is 15.3. The zero-order chi connectivity index (χ0) is 26.0. The van der Waals surface area contributed by atoms with Crippen LogP contribution in [0, 0.1) is 11.8 Å². The highest BCUT2D eigenvalue weighted by atomic mass is 16.5. The van der Waals surface area contributed by atoms with E-state index in [1.165, 1.54) is 89.9 Å². The van der Waals surface area contributed by atoms with E-state index in [1.807, 2.05) is 0 Å². The molecule has 0 radical (unpaired) electrons. The van der Waals surface area contributed by atoms with Crippen molar-refractivity contribution in [3.63, 3.8) is 0 Å². The predicted octanol–water partition coefficient (Wildman–Crippen LogP) is 9.58. The van der Waals surface area contributed by atoms with Gasteiger partial charge in [0.1, 0.15) is 0 Å². The second kappa shape index (κ2) is 26.0. The maximum atomic E-state index is 12.5. The van der Waals surface area contributed by atoms with Gasteiger partial charge in [0, 0.05) is 6.42 Å². The van der Waals surface area contributed by atoms with E-state index in [0.29, 0.717) is 25.6 Å². The third kappa shape index (κ3) is 23.1. The van der Waals surface area contributed by atoms with Crippen molar-refractivity contribution in [1.29, 1.82) is 0 Å². The summed E-state index contributed by atoms with van der Waals surface area (Å²) < 4.78 is 10.9. The highest BCUT2D eigenvalue weighted by Gasteiger charge is 2.23. The lowest BCUT2D eigenvalue weighted by Crippen LogP contribution is -2.23. The van der Waals surface area contributed by atoms with Gasteiger partial charge in [-0.2, -0.15) is 0 Å². The second-order valence-corrected chi connectivity index (χ2v) is 10.8. The van der Waals surface area contributed by atoms with E-state index >= 15 is 0 Å². The Hall–Kier alpha value is -1.06. The van der Waals surface area contributed by atoms with E-state index in [2.05, 4.69) is 27.7 Å². The number of rotatable bonds is 26. The van der Waals surface area contributed by atoms with E-state index in [-0.39, 0.29) is 17.9 Å². The van der Waals surface area contributed by atoms with Gasteiger partial charge >= 0.3 is 11.9 Å². The summed E-state index contributed by atoms with van der Waals surface area (Å²) in [5.74, 6) is 0.365. The Morgan fingerprint density at radius 1 is 0.543 bits per heavy atom. The van der Waals surface area contributed by atoms with Crippen molar-refractivity contribution in [1.82, 2.24) is 0 Å². The molecule has 0 saturated carbocycles. The molecule has 35 heavy (non-hydrogen) atoms. The van der Waals surface area contributed by atoms with Crippen LogP contribution in [0.1, 0.15) is 163 Å². The summed E-state index contributed by atoms with van der Waals surface area (Å²) in [7, 11) is 0. The molecule has 0 aromatic rings. The molecule has 0 heterocycles. The lowest BCUT2D eigenvalue weighted by Gasteiger charge is -2.19. The summed E-state index contributed by atoms with van der Waals surface area (Å²) in [6, 6.07) is 0. The van der Waals surface area contributed by atoms with E-state index in [0.717, 1.165) is 38.5 Å². The van der Waals surface area contributed by atoms with Crippen LogP contribution in [0.5, 0.6) is 0 Å². The molecule has 0 aliphatic heterocycles. The second-order valence-electron chi connectivity index (χ2n) is 10.8. The lowest BCUT2D eigenvalue weighted by atomic mass is 9.90. The molecule has 4 heteroatoms. The summed E-state index contributed by atoms with van der Waals surface area (Å²) in [5.41, 5.74) is 0. The van der Waals surface area contributed by atoms with Gasteiger partial charge in [-0.25, -0.2) is 0 Å². The number of carbonyl (C=O) groups is 2. The summed E-state index contributed by atoms with van der Waals surface area (Å²) in [6.07, 6.45) is 24.0. The normalized spacial score (nSPS) is 12.1. The summed E-state index contributed by atoms with van der Waals surface area (Å²) in [5, 5.41) is 0. The van der Waals surface area contributed by atoms with Gasteiger partial charge in [-0.3, -0.25) is 9.59 Å². The maximum Gasteiger partial charge on any atom is 0.309 e. The van der Waals surface area contributed by atoms with Crippen molar-refractivity contribution in [2.45, 2.75) is 163 Å². The van der Waals surface area contributed by atoms with Crippen LogP contribution in [0.15, 0.2) is 0 Å². The minimum atomic E-state index is -0.0262. The minimum absolute atomic E-state index is 0.0111. The van der Waals surface area contributed by atoms with Gasteiger partial charge < -0.3 is 9.47 Å². The average molecular weight is 497 g/mol. The van der Waals surface area contributed by atoms with E-state index in [9.17, 15) is 9.59 Å². The first-order chi connectivity index (χ1) is 17.0. The molecule has 1 unspecified atom stereocenters. The van der Waals surface area contributed by atoms with Crippen LogP contribution >= 0.6 is 0 Å². The molecule has 0 aliphatic rings. The number of unbranched alkanes of at least 4 members (excludes halogenated alkanes) is 16. The molecule has 0 amide bonds. The zero-order valence-electron chi connectivity index (χ0n) is 24.1. The molecule has 0 aliphatic carbocycles. The van der Waals surface area contributed by atoms with Gasteiger partial charge in [-0.15, -0.1) is 0 Å². The Balaban J connectivity index is 3.61. The molecular formula is C31H60O4. The largest absolute Gasteiger partial charge is 0.466 e. The van der Waals surface area contributed by atoms with E-state index < -0.39 is 0 Å².